The molecule has 7 heteroatoms. The third-order valence-electron chi connectivity index (χ3n) is 2.22. The number of Topliss-reactive ketones (excluding diaryl/α,β-unsaturated/α-hetero) is 1. The van der Waals surface area contributed by atoms with Crippen molar-refractivity contribution in [2.45, 2.75) is 19.3 Å². The molecule has 0 aliphatic carbocycles. The molecule has 1 aromatic heterocycles. The average molecular weight is 302 g/mol. The van der Waals surface area contributed by atoms with Gasteiger partial charge in [0, 0.05) is 6.42 Å². The first-order chi connectivity index (χ1) is 8.18. The summed E-state index contributed by atoms with van der Waals surface area (Å²) in [6.45, 7) is 0. The Kier molecular flexibility index (Phi) is 4.61. The number of ketones is 1. The smallest absolute Gasteiger partial charge is 0.172 e. The minimum Gasteiger partial charge on any atom is -0.293 e. The molecule has 2 heterocycles. The Morgan fingerprint density at radius 1 is 1.53 bits per heavy atom. The lowest BCUT2D eigenvalue weighted by atomic mass is 10.1. The highest BCUT2D eigenvalue weighted by atomic mass is 32.8. The van der Waals surface area contributed by atoms with Crippen molar-refractivity contribution in [3.63, 3.8) is 0 Å². The fraction of sp³-hybridized carbons (Fsp3) is 0.300. The number of carbonyl (C=O) groups is 1. The summed E-state index contributed by atoms with van der Waals surface area (Å²) in [4.78, 5) is 12.5. The normalized spacial score (nSPS) is 19.0. The number of thiophene rings is 1. The summed E-state index contributed by atoms with van der Waals surface area (Å²) in [5.74, 6) is 0.190. The predicted octanol–water partition coefficient (Wildman–Crippen LogP) is 2.79. The molecule has 0 saturated heterocycles. The lowest BCUT2D eigenvalue weighted by Gasteiger charge is -2.00. The largest absolute Gasteiger partial charge is 0.293 e. The molecule has 0 saturated carbocycles. The van der Waals surface area contributed by atoms with Crippen LogP contribution in [0.3, 0.4) is 0 Å². The van der Waals surface area contributed by atoms with Crippen molar-refractivity contribution in [1.82, 2.24) is 0 Å². The van der Waals surface area contributed by atoms with Crippen LogP contribution in [-0.2, 0) is 20.6 Å². The van der Waals surface area contributed by atoms with Gasteiger partial charge < -0.3 is 0 Å². The molecule has 17 heavy (non-hydrogen) atoms. The Morgan fingerprint density at radius 2 is 2.35 bits per heavy atom. The summed E-state index contributed by atoms with van der Waals surface area (Å²) in [7, 11) is -0.468. The van der Waals surface area contributed by atoms with Crippen LogP contribution in [0.15, 0.2) is 27.7 Å². The van der Waals surface area contributed by atoms with Crippen LogP contribution in [0.1, 0.15) is 28.9 Å². The van der Waals surface area contributed by atoms with Gasteiger partial charge in [-0.3, -0.25) is 4.79 Å². The van der Waals surface area contributed by atoms with E-state index in [0.29, 0.717) is 10.8 Å². The molecule has 1 atom stereocenters. The van der Waals surface area contributed by atoms with Crippen molar-refractivity contribution in [3.05, 3.63) is 22.4 Å². The first-order valence-corrected chi connectivity index (χ1v) is 8.48. The molecular weight excluding hydrogens is 292 g/mol. The Morgan fingerprint density at radius 3 is 2.94 bits per heavy atom. The molecule has 0 spiro atoms. The fourth-order valence-corrected chi connectivity index (χ4v) is 3.66. The molecule has 1 unspecified atom stereocenters. The SMILES string of the molecule is O=C(CCCC1=NN=C(S)S1=S)c1cccs1. The van der Waals surface area contributed by atoms with Crippen LogP contribution in [0.5, 0.6) is 0 Å². The first kappa shape index (κ1) is 13.1. The van der Waals surface area contributed by atoms with Gasteiger partial charge in [-0.25, -0.2) is 0 Å². The number of carbonyl (C=O) groups excluding carboxylic acids is 1. The quantitative estimate of drug-likeness (QED) is 0.671. The third-order valence-corrected chi connectivity index (χ3v) is 6.31. The van der Waals surface area contributed by atoms with Crippen molar-refractivity contribution < 1.29 is 4.79 Å². The summed E-state index contributed by atoms with van der Waals surface area (Å²) >= 11 is 10.8. The Bertz CT molecular complexity index is 504. The summed E-state index contributed by atoms with van der Waals surface area (Å²) in [6, 6.07) is 3.74. The van der Waals surface area contributed by atoms with Crippen LogP contribution in [0.4, 0.5) is 0 Å². The summed E-state index contributed by atoms with van der Waals surface area (Å²) < 4.78 is 0.611. The molecule has 0 N–H and O–H groups in total. The predicted molar refractivity (Wildman–Crippen MR) is 81.1 cm³/mol. The second-order valence-electron chi connectivity index (χ2n) is 3.40. The van der Waals surface area contributed by atoms with Crippen molar-refractivity contribution in [1.29, 1.82) is 0 Å². The van der Waals surface area contributed by atoms with E-state index in [1.807, 2.05) is 17.5 Å². The molecule has 1 aliphatic heterocycles. The van der Waals surface area contributed by atoms with Gasteiger partial charge in [-0.05, 0) is 44.9 Å². The van der Waals surface area contributed by atoms with E-state index in [1.54, 1.807) is 0 Å². The molecule has 0 aromatic carbocycles. The minimum atomic E-state index is -0.468. The van der Waals surface area contributed by atoms with Crippen LogP contribution < -0.4 is 0 Å². The molecule has 1 aromatic rings. The zero-order valence-corrected chi connectivity index (χ0v) is 12.2. The van der Waals surface area contributed by atoms with Gasteiger partial charge >= 0.3 is 0 Å². The average Bonchev–Trinajstić information content (AvgIpc) is 2.93. The number of hydrogen-bond donors (Lipinski definition) is 1. The Balaban J connectivity index is 1.78. The van der Waals surface area contributed by atoms with Crippen LogP contribution in [0, 0.1) is 0 Å². The molecule has 2 rings (SSSR count). The van der Waals surface area contributed by atoms with Crippen LogP contribution in [0.2, 0.25) is 0 Å². The van der Waals surface area contributed by atoms with Gasteiger partial charge in [-0.1, -0.05) is 6.07 Å². The number of thiol groups is 1. The van der Waals surface area contributed by atoms with Crippen molar-refractivity contribution in [2.24, 2.45) is 10.2 Å². The summed E-state index contributed by atoms with van der Waals surface area (Å²) in [5.41, 5.74) is 0. The van der Waals surface area contributed by atoms with Gasteiger partial charge in [-0.2, -0.15) is 0 Å². The van der Waals surface area contributed by atoms with E-state index in [0.717, 1.165) is 22.8 Å². The first-order valence-electron chi connectivity index (χ1n) is 5.00. The van der Waals surface area contributed by atoms with E-state index in [-0.39, 0.29) is 5.78 Å². The van der Waals surface area contributed by atoms with Gasteiger partial charge in [0.2, 0.25) is 0 Å². The maximum atomic E-state index is 11.7. The zero-order chi connectivity index (χ0) is 12.3. The van der Waals surface area contributed by atoms with Gasteiger partial charge in [-0.15, -0.1) is 34.2 Å². The molecule has 0 bridgehead atoms. The lowest BCUT2D eigenvalue weighted by molar-refractivity contribution is 0.0985. The molecule has 0 radical (unpaired) electrons. The van der Waals surface area contributed by atoms with E-state index in [2.05, 4.69) is 22.8 Å². The van der Waals surface area contributed by atoms with E-state index in [1.165, 1.54) is 11.3 Å². The third kappa shape index (κ3) is 3.31. The van der Waals surface area contributed by atoms with Crippen molar-refractivity contribution in [2.75, 3.05) is 0 Å². The molecule has 0 amide bonds. The molecule has 0 fully saturated rings. The van der Waals surface area contributed by atoms with Crippen molar-refractivity contribution >= 4 is 59.8 Å². The van der Waals surface area contributed by atoms with Crippen LogP contribution in [-0.4, -0.2) is 15.2 Å². The summed E-state index contributed by atoms with van der Waals surface area (Å²) in [6.07, 6.45) is 2.04. The highest BCUT2D eigenvalue weighted by Gasteiger charge is 2.16. The number of hydrogen-bond acceptors (Lipinski definition) is 5. The Hall–Kier alpha value is -0.370. The van der Waals surface area contributed by atoms with Crippen LogP contribution in [0.25, 0.3) is 0 Å². The van der Waals surface area contributed by atoms with E-state index in [4.69, 9.17) is 11.2 Å². The van der Waals surface area contributed by atoms with E-state index >= 15 is 0 Å². The lowest BCUT2D eigenvalue weighted by Crippen LogP contribution is -2.07. The van der Waals surface area contributed by atoms with Gasteiger partial charge in [0.1, 0.15) is 5.04 Å². The minimum absolute atomic E-state index is 0.190. The second kappa shape index (κ2) is 5.99. The van der Waals surface area contributed by atoms with E-state index < -0.39 is 9.45 Å². The maximum absolute atomic E-state index is 11.7. The molecule has 90 valence electrons. The molecular formula is C10H10N2OS4. The maximum Gasteiger partial charge on any atom is 0.172 e. The van der Waals surface area contributed by atoms with Gasteiger partial charge in [0.25, 0.3) is 0 Å². The number of nitrogens with zero attached hydrogens (tertiary/aromatic N) is 2. The second-order valence-corrected chi connectivity index (χ2v) is 7.47. The summed E-state index contributed by atoms with van der Waals surface area (Å²) in [5, 5.41) is 10.6. The zero-order valence-electron chi connectivity index (χ0n) is 8.83. The highest BCUT2D eigenvalue weighted by Crippen LogP contribution is 2.16. The molecule has 1 aliphatic rings. The Labute approximate surface area is 116 Å². The van der Waals surface area contributed by atoms with E-state index in [9.17, 15) is 4.79 Å². The standard InChI is InChI=1S/C10H10N2OS4/c13-7(8-4-2-6-16-8)3-1-5-9-11-12-10(14)17(9)15/h2,4,6H,1,3,5H2,(H,12,14). The molecule has 3 nitrogen and oxygen atoms in total. The fourth-order valence-electron chi connectivity index (χ4n) is 1.38. The van der Waals surface area contributed by atoms with Gasteiger partial charge in [0.15, 0.2) is 10.2 Å². The van der Waals surface area contributed by atoms with Crippen LogP contribution >= 0.6 is 24.0 Å². The van der Waals surface area contributed by atoms with Crippen molar-refractivity contribution in [3.8, 4) is 0 Å². The monoisotopic (exact) mass is 302 g/mol. The number of rotatable bonds is 5. The van der Waals surface area contributed by atoms with Gasteiger partial charge in [0.05, 0.1) is 4.88 Å². The topological polar surface area (TPSA) is 41.8 Å². The highest BCUT2D eigenvalue weighted by molar-refractivity contribution is 8.53.